The second kappa shape index (κ2) is 5.01. The number of anilines is 1. The molecular formula is C11H14ClNO. The standard InChI is InChI=1S/C11H14ClNO/c1-9-4-3-5-11(8-9)13(7-6-12)10(2)14/h3-5,8H,6-7H2,1-2H3. The monoisotopic (exact) mass is 211 g/mol. The SMILES string of the molecule is CC(=O)N(CCCl)c1cccc(C)c1. The van der Waals surface area contributed by atoms with Crippen molar-refractivity contribution < 1.29 is 4.79 Å². The minimum atomic E-state index is 0.0243. The van der Waals surface area contributed by atoms with Gasteiger partial charge in [-0.25, -0.2) is 0 Å². The molecule has 0 aliphatic carbocycles. The first-order valence-corrected chi connectivity index (χ1v) is 5.09. The van der Waals surface area contributed by atoms with Crippen LogP contribution in [0.2, 0.25) is 0 Å². The number of carbonyl (C=O) groups is 1. The van der Waals surface area contributed by atoms with Crippen LogP contribution < -0.4 is 4.90 Å². The van der Waals surface area contributed by atoms with Crippen molar-refractivity contribution in [3.8, 4) is 0 Å². The van der Waals surface area contributed by atoms with Gasteiger partial charge in [-0.15, -0.1) is 11.6 Å². The van der Waals surface area contributed by atoms with Crippen molar-refractivity contribution in [3.05, 3.63) is 29.8 Å². The lowest BCUT2D eigenvalue weighted by Crippen LogP contribution is -2.30. The highest BCUT2D eigenvalue weighted by molar-refractivity contribution is 6.18. The van der Waals surface area contributed by atoms with Crippen molar-refractivity contribution >= 4 is 23.2 Å². The van der Waals surface area contributed by atoms with Crippen molar-refractivity contribution in [1.29, 1.82) is 0 Å². The van der Waals surface area contributed by atoms with Crippen molar-refractivity contribution in [2.45, 2.75) is 13.8 Å². The van der Waals surface area contributed by atoms with E-state index in [1.165, 1.54) is 0 Å². The molecule has 0 bridgehead atoms. The predicted molar refractivity (Wildman–Crippen MR) is 59.9 cm³/mol. The summed E-state index contributed by atoms with van der Waals surface area (Å²) >= 11 is 5.64. The van der Waals surface area contributed by atoms with Crippen LogP contribution in [-0.2, 0) is 4.79 Å². The maximum absolute atomic E-state index is 11.3. The Morgan fingerprint density at radius 2 is 2.21 bits per heavy atom. The van der Waals surface area contributed by atoms with Gasteiger partial charge in [0, 0.05) is 25.0 Å². The smallest absolute Gasteiger partial charge is 0.223 e. The van der Waals surface area contributed by atoms with E-state index in [4.69, 9.17) is 11.6 Å². The molecule has 0 fully saturated rings. The lowest BCUT2D eigenvalue weighted by molar-refractivity contribution is -0.116. The number of hydrogen-bond donors (Lipinski definition) is 0. The largest absolute Gasteiger partial charge is 0.311 e. The Morgan fingerprint density at radius 3 is 2.71 bits per heavy atom. The summed E-state index contributed by atoms with van der Waals surface area (Å²) in [4.78, 5) is 13.0. The maximum Gasteiger partial charge on any atom is 0.223 e. The molecule has 0 unspecified atom stereocenters. The van der Waals surface area contributed by atoms with Crippen LogP contribution in [0.25, 0.3) is 0 Å². The van der Waals surface area contributed by atoms with E-state index in [-0.39, 0.29) is 5.91 Å². The second-order valence-corrected chi connectivity index (χ2v) is 3.58. The van der Waals surface area contributed by atoms with Gasteiger partial charge in [-0.1, -0.05) is 12.1 Å². The highest BCUT2D eigenvalue weighted by Crippen LogP contribution is 2.15. The zero-order valence-corrected chi connectivity index (χ0v) is 9.21. The van der Waals surface area contributed by atoms with Gasteiger partial charge in [0.1, 0.15) is 0 Å². The summed E-state index contributed by atoms with van der Waals surface area (Å²) in [7, 11) is 0. The summed E-state index contributed by atoms with van der Waals surface area (Å²) in [5, 5.41) is 0. The number of rotatable bonds is 3. The number of nitrogens with zero attached hydrogens (tertiary/aromatic N) is 1. The maximum atomic E-state index is 11.3. The molecule has 0 aromatic heterocycles. The van der Waals surface area contributed by atoms with Crippen LogP contribution in [0.1, 0.15) is 12.5 Å². The molecule has 0 spiro atoms. The average Bonchev–Trinajstić information content (AvgIpc) is 2.13. The number of carbonyl (C=O) groups excluding carboxylic acids is 1. The molecule has 14 heavy (non-hydrogen) atoms. The Labute approximate surface area is 89.5 Å². The van der Waals surface area contributed by atoms with E-state index in [0.717, 1.165) is 11.3 Å². The molecule has 0 heterocycles. The molecular weight excluding hydrogens is 198 g/mol. The summed E-state index contributed by atoms with van der Waals surface area (Å²) in [5.41, 5.74) is 2.06. The molecule has 1 aromatic rings. The number of aryl methyl sites for hydroxylation is 1. The van der Waals surface area contributed by atoms with Gasteiger partial charge in [-0.3, -0.25) is 4.79 Å². The number of amides is 1. The van der Waals surface area contributed by atoms with Gasteiger partial charge in [0.15, 0.2) is 0 Å². The normalized spacial score (nSPS) is 9.93. The van der Waals surface area contributed by atoms with Crippen LogP contribution in [0.15, 0.2) is 24.3 Å². The summed E-state index contributed by atoms with van der Waals surface area (Å²) in [6.45, 7) is 4.11. The van der Waals surface area contributed by atoms with Gasteiger partial charge < -0.3 is 4.90 Å². The van der Waals surface area contributed by atoms with Gasteiger partial charge in [-0.2, -0.15) is 0 Å². The molecule has 76 valence electrons. The zero-order chi connectivity index (χ0) is 10.6. The molecule has 0 N–H and O–H groups in total. The Bertz CT molecular complexity index is 325. The Morgan fingerprint density at radius 1 is 1.50 bits per heavy atom. The third-order valence-corrected chi connectivity index (χ3v) is 2.17. The fourth-order valence-corrected chi connectivity index (χ4v) is 1.52. The average molecular weight is 212 g/mol. The van der Waals surface area contributed by atoms with Crippen LogP contribution in [0.4, 0.5) is 5.69 Å². The van der Waals surface area contributed by atoms with E-state index in [1.54, 1.807) is 11.8 Å². The number of hydrogen-bond acceptors (Lipinski definition) is 1. The third kappa shape index (κ3) is 2.74. The molecule has 1 rings (SSSR count). The van der Waals surface area contributed by atoms with Gasteiger partial charge in [0.25, 0.3) is 0 Å². The topological polar surface area (TPSA) is 20.3 Å². The summed E-state index contributed by atoms with van der Waals surface area (Å²) in [5.74, 6) is 0.476. The van der Waals surface area contributed by atoms with Gasteiger partial charge in [0.2, 0.25) is 5.91 Å². The van der Waals surface area contributed by atoms with Crippen LogP contribution in [0.5, 0.6) is 0 Å². The lowest BCUT2D eigenvalue weighted by atomic mass is 10.2. The number of halogens is 1. The predicted octanol–water partition coefficient (Wildman–Crippen LogP) is 2.59. The van der Waals surface area contributed by atoms with Crippen LogP contribution in [0.3, 0.4) is 0 Å². The van der Waals surface area contributed by atoms with Crippen molar-refractivity contribution in [2.75, 3.05) is 17.3 Å². The van der Waals surface area contributed by atoms with Crippen LogP contribution in [-0.4, -0.2) is 18.3 Å². The van der Waals surface area contributed by atoms with Crippen LogP contribution in [0, 0.1) is 6.92 Å². The van der Waals surface area contributed by atoms with E-state index in [0.29, 0.717) is 12.4 Å². The van der Waals surface area contributed by atoms with Crippen LogP contribution >= 0.6 is 11.6 Å². The first-order valence-electron chi connectivity index (χ1n) is 4.56. The zero-order valence-electron chi connectivity index (χ0n) is 8.46. The highest BCUT2D eigenvalue weighted by atomic mass is 35.5. The quantitative estimate of drug-likeness (QED) is 0.704. The molecule has 0 saturated carbocycles. The molecule has 0 saturated heterocycles. The fourth-order valence-electron chi connectivity index (χ4n) is 1.35. The summed E-state index contributed by atoms with van der Waals surface area (Å²) in [6, 6.07) is 7.84. The molecule has 0 atom stereocenters. The summed E-state index contributed by atoms with van der Waals surface area (Å²) < 4.78 is 0. The molecule has 0 aliphatic rings. The van der Waals surface area contributed by atoms with Gasteiger partial charge in [0.05, 0.1) is 0 Å². The minimum Gasteiger partial charge on any atom is -0.311 e. The van der Waals surface area contributed by atoms with Gasteiger partial charge >= 0.3 is 0 Å². The van der Waals surface area contributed by atoms with E-state index >= 15 is 0 Å². The third-order valence-electron chi connectivity index (χ3n) is 2.00. The minimum absolute atomic E-state index is 0.0243. The van der Waals surface area contributed by atoms with Crippen molar-refractivity contribution in [1.82, 2.24) is 0 Å². The lowest BCUT2D eigenvalue weighted by Gasteiger charge is -2.20. The van der Waals surface area contributed by atoms with Crippen molar-refractivity contribution in [3.63, 3.8) is 0 Å². The van der Waals surface area contributed by atoms with E-state index in [1.807, 2.05) is 31.2 Å². The molecule has 0 aliphatic heterocycles. The molecule has 1 amide bonds. The van der Waals surface area contributed by atoms with E-state index in [2.05, 4.69) is 0 Å². The Balaban J connectivity index is 2.93. The first kappa shape index (κ1) is 11.1. The second-order valence-electron chi connectivity index (χ2n) is 3.20. The molecule has 2 nitrogen and oxygen atoms in total. The first-order chi connectivity index (χ1) is 6.65. The highest BCUT2D eigenvalue weighted by Gasteiger charge is 2.09. The van der Waals surface area contributed by atoms with Gasteiger partial charge in [-0.05, 0) is 24.6 Å². The number of benzene rings is 1. The fraction of sp³-hybridized carbons (Fsp3) is 0.364. The Hall–Kier alpha value is -1.02. The van der Waals surface area contributed by atoms with E-state index < -0.39 is 0 Å². The molecule has 1 aromatic carbocycles. The summed E-state index contributed by atoms with van der Waals surface area (Å²) in [6.07, 6.45) is 0. The van der Waals surface area contributed by atoms with Crippen molar-refractivity contribution in [2.24, 2.45) is 0 Å². The number of alkyl halides is 1. The molecule has 0 radical (unpaired) electrons. The van der Waals surface area contributed by atoms with E-state index in [9.17, 15) is 4.79 Å². The Kier molecular flexibility index (Phi) is 3.96. The molecule has 3 heteroatoms.